The van der Waals surface area contributed by atoms with Crippen LogP contribution < -0.4 is 5.32 Å². The number of amides is 1. The largest absolute Gasteiger partial charge is 0.325 e. The molecule has 8 heteroatoms. The van der Waals surface area contributed by atoms with E-state index in [1.807, 2.05) is 6.07 Å². The van der Waals surface area contributed by atoms with Crippen molar-refractivity contribution >= 4 is 27.6 Å². The standard InChI is InChI=1S/C25H31N3O4S/c1-19-13-16-27(17-14-19)33(31,32)28-15-7-10-21(18-28)25(30)26-23-12-6-5-11-22(23)24(29)20-8-3-2-4-9-20/h2-6,8-9,11-12,19,21H,7,10,13-18H2,1H3,(H,26,30)/t21-/m0/s1. The Morgan fingerprint density at radius 2 is 1.55 bits per heavy atom. The van der Waals surface area contributed by atoms with Crippen molar-refractivity contribution in [3.63, 3.8) is 0 Å². The molecule has 0 spiro atoms. The molecule has 2 aliphatic heterocycles. The monoisotopic (exact) mass is 469 g/mol. The molecule has 1 atom stereocenters. The van der Waals surface area contributed by atoms with E-state index in [1.54, 1.807) is 52.8 Å². The fourth-order valence-corrected chi connectivity index (χ4v) is 6.24. The molecule has 176 valence electrons. The molecule has 7 nitrogen and oxygen atoms in total. The van der Waals surface area contributed by atoms with E-state index in [0.29, 0.717) is 55.2 Å². The van der Waals surface area contributed by atoms with Crippen molar-refractivity contribution < 1.29 is 18.0 Å². The Labute approximate surface area is 196 Å². The Morgan fingerprint density at radius 1 is 0.879 bits per heavy atom. The van der Waals surface area contributed by atoms with Crippen molar-refractivity contribution in [2.75, 3.05) is 31.5 Å². The highest BCUT2D eigenvalue weighted by molar-refractivity contribution is 7.86. The maximum atomic E-state index is 13.1. The van der Waals surface area contributed by atoms with Crippen LogP contribution in [0.1, 0.15) is 48.5 Å². The molecular weight excluding hydrogens is 438 g/mol. The van der Waals surface area contributed by atoms with Crippen molar-refractivity contribution in [1.29, 1.82) is 0 Å². The predicted octanol–water partition coefficient (Wildman–Crippen LogP) is 3.54. The third kappa shape index (κ3) is 5.34. The highest BCUT2D eigenvalue weighted by Crippen LogP contribution is 2.27. The zero-order valence-corrected chi connectivity index (χ0v) is 19.8. The number of nitrogens with zero attached hydrogens (tertiary/aromatic N) is 2. The summed E-state index contributed by atoms with van der Waals surface area (Å²) in [5.74, 6) is -0.346. The molecule has 2 aliphatic rings. The number of carbonyl (C=O) groups is 2. The second-order valence-corrected chi connectivity index (χ2v) is 10.9. The van der Waals surface area contributed by atoms with Crippen molar-refractivity contribution in [2.24, 2.45) is 11.8 Å². The normalized spacial score (nSPS) is 20.9. The molecule has 0 bridgehead atoms. The molecule has 33 heavy (non-hydrogen) atoms. The van der Waals surface area contributed by atoms with Gasteiger partial charge in [-0.15, -0.1) is 0 Å². The molecular formula is C25H31N3O4S. The summed E-state index contributed by atoms with van der Waals surface area (Å²) < 4.78 is 29.3. The Morgan fingerprint density at radius 3 is 2.27 bits per heavy atom. The van der Waals surface area contributed by atoms with Gasteiger partial charge < -0.3 is 5.32 Å². The molecule has 0 aliphatic carbocycles. The van der Waals surface area contributed by atoms with Crippen LogP contribution in [0.15, 0.2) is 54.6 Å². The highest BCUT2D eigenvalue weighted by atomic mass is 32.2. The SMILES string of the molecule is CC1CCN(S(=O)(=O)N2CCC[C@H](C(=O)Nc3ccccc3C(=O)c3ccccc3)C2)CC1. The van der Waals surface area contributed by atoms with E-state index in [0.717, 1.165) is 12.8 Å². The van der Waals surface area contributed by atoms with Crippen LogP contribution in [0.2, 0.25) is 0 Å². The quantitative estimate of drug-likeness (QED) is 0.656. The first-order chi connectivity index (χ1) is 15.9. The third-order valence-corrected chi connectivity index (χ3v) is 8.62. The molecule has 2 saturated heterocycles. The number of hydrogen-bond acceptors (Lipinski definition) is 4. The zero-order valence-electron chi connectivity index (χ0n) is 18.9. The fourth-order valence-electron chi connectivity index (χ4n) is 4.51. The van der Waals surface area contributed by atoms with Crippen LogP contribution in [-0.2, 0) is 15.0 Å². The lowest BCUT2D eigenvalue weighted by molar-refractivity contribution is -0.120. The molecule has 2 fully saturated rings. The van der Waals surface area contributed by atoms with Gasteiger partial charge in [-0.1, -0.05) is 49.4 Å². The number of benzene rings is 2. The lowest BCUT2D eigenvalue weighted by Gasteiger charge is -2.37. The number of rotatable bonds is 6. The van der Waals surface area contributed by atoms with Crippen LogP contribution in [0, 0.1) is 11.8 Å². The summed E-state index contributed by atoms with van der Waals surface area (Å²) in [5, 5.41) is 2.89. The molecule has 0 unspecified atom stereocenters. The van der Waals surface area contributed by atoms with Crippen LogP contribution in [0.4, 0.5) is 5.69 Å². The zero-order chi connectivity index (χ0) is 23.4. The minimum absolute atomic E-state index is 0.162. The van der Waals surface area contributed by atoms with E-state index in [1.165, 1.54) is 4.31 Å². The number of para-hydroxylation sites is 1. The first-order valence-electron chi connectivity index (χ1n) is 11.6. The summed E-state index contributed by atoms with van der Waals surface area (Å²) in [6, 6.07) is 15.9. The molecule has 2 aromatic carbocycles. The molecule has 1 amide bonds. The van der Waals surface area contributed by atoms with Crippen molar-refractivity contribution in [1.82, 2.24) is 8.61 Å². The smallest absolute Gasteiger partial charge is 0.281 e. The lowest BCUT2D eigenvalue weighted by atomic mass is 9.97. The second-order valence-electron chi connectivity index (χ2n) is 9.02. The third-order valence-electron chi connectivity index (χ3n) is 6.62. The number of ketones is 1. The maximum Gasteiger partial charge on any atom is 0.281 e. The van der Waals surface area contributed by atoms with Gasteiger partial charge >= 0.3 is 0 Å². The molecule has 1 N–H and O–H groups in total. The van der Waals surface area contributed by atoms with Crippen LogP contribution in [0.25, 0.3) is 0 Å². The van der Waals surface area contributed by atoms with Gasteiger partial charge in [-0.25, -0.2) is 0 Å². The number of carbonyl (C=O) groups excluding carboxylic acids is 2. The Balaban J connectivity index is 1.46. The van der Waals surface area contributed by atoms with Gasteiger partial charge in [-0.05, 0) is 43.7 Å². The van der Waals surface area contributed by atoms with E-state index in [2.05, 4.69) is 12.2 Å². The van der Waals surface area contributed by atoms with E-state index < -0.39 is 16.1 Å². The minimum Gasteiger partial charge on any atom is -0.325 e. The Bertz CT molecular complexity index is 1100. The Kier molecular flexibility index (Phi) is 7.26. The fraction of sp³-hybridized carbons (Fsp3) is 0.440. The van der Waals surface area contributed by atoms with Crippen molar-refractivity contribution in [2.45, 2.75) is 32.6 Å². The number of piperidine rings is 2. The van der Waals surface area contributed by atoms with Gasteiger partial charge in [0.2, 0.25) is 5.91 Å². The summed E-state index contributed by atoms with van der Waals surface area (Å²) >= 11 is 0. The molecule has 0 aromatic heterocycles. The second kappa shape index (κ2) is 10.2. The van der Waals surface area contributed by atoms with Crippen LogP contribution in [0.5, 0.6) is 0 Å². The first-order valence-corrected chi connectivity index (χ1v) is 13.0. The predicted molar refractivity (Wildman–Crippen MR) is 128 cm³/mol. The van der Waals surface area contributed by atoms with Crippen LogP contribution in [-0.4, -0.2) is 54.9 Å². The average Bonchev–Trinajstić information content (AvgIpc) is 2.85. The summed E-state index contributed by atoms with van der Waals surface area (Å²) in [6.45, 7) is 3.81. The van der Waals surface area contributed by atoms with E-state index >= 15 is 0 Å². The summed E-state index contributed by atoms with van der Waals surface area (Å²) in [4.78, 5) is 26.1. The molecule has 2 heterocycles. The lowest BCUT2D eigenvalue weighted by Crippen LogP contribution is -2.51. The summed E-state index contributed by atoms with van der Waals surface area (Å²) in [6.07, 6.45) is 2.97. The van der Waals surface area contributed by atoms with E-state index in [4.69, 9.17) is 0 Å². The number of hydrogen-bond donors (Lipinski definition) is 1. The van der Waals surface area contributed by atoms with E-state index in [9.17, 15) is 18.0 Å². The molecule has 2 aromatic rings. The van der Waals surface area contributed by atoms with Crippen molar-refractivity contribution in [3.8, 4) is 0 Å². The summed E-state index contributed by atoms with van der Waals surface area (Å²) in [7, 11) is -3.57. The van der Waals surface area contributed by atoms with Gasteiger partial charge in [0.25, 0.3) is 10.2 Å². The topological polar surface area (TPSA) is 86.8 Å². The number of anilines is 1. The summed E-state index contributed by atoms with van der Waals surface area (Å²) in [5.41, 5.74) is 1.41. The van der Waals surface area contributed by atoms with Gasteiger partial charge in [-0.3, -0.25) is 9.59 Å². The average molecular weight is 470 g/mol. The first kappa shape index (κ1) is 23.6. The van der Waals surface area contributed by atoms with Gasteiger partial charge in [0.05, 0.1) is 11.6 Å². The highest BCUT2D eigenvalue weighted by Gasteiger charge is 2.37. The van der Waals surface area contributed by atoms with Crippen LogP contribution >= 0.6 is 0 Å². The van der Waals surface area contributed by atoms with Gasteiger partial charge in [0.1, 0.15) is 0 Å². The van der Waals surface area contributed by atoms with Crippen molar-refractivity contribution in [3.05, 3.63) is 65.7 Å². The van der Waals surface area contributed by atoms with Crippen LogP contribution in [0.3, 0.4) is 0 Å². The molecule has 0 saturated carbocycles. The van der Waals surface area contributed by atoms with E-state index in [-0.39, 0.29) is 18.2 Å². The molecule has 4 rings (SSSR count). The number of nitrogens with one attached hydrogen (secondary N) is 1. The molecule has 0 radical (unpaired) electrons. The minimum atomic E-state index is -3.57. The maximum absolute atomic E-state index is 13.1. The van der Waals surface area contributed by atoms with Gasteiger partial charge in [-0.2, -0.15) is 17.0 Å². The van der Waals surface area contributed by atoms with Gasteiger partial charge in [0.15, 0.2) is 5.78 Å². The Hall–Kier alpha value is -2.55. The van der Waals surface area contributed by atoms with Gasteiger partial charge in [0, 0.05) is 37.3 Å².